The second kappa shape index (κ2) is 5.22. The summed E-state index contributed by atoms with van der Waals surface area (Å²) in [6.45, 7) is 1.99. The van der Waals surface area contributed by atoms with Crippen molar-refractivity contribution in [2.24, 2.45) is 0 Å². The predicted molar refractivity (Wildman–Crippen MR) is 71.6 cm³/mol. The van der Waals surface area contributed by atoms with Crippen LogP contribution in [0.15, 0.2) is 18.2 Å². The van der Waals surface area contributed by atoms with Gasteiger partial charge >= 0.3 is 0 Å². The Bertz CT molecular complexity index is 492. The van der Waals surface area contributed by atoms with E-state index < -0.39 is 0 Å². The third kappa shape index (κ3) is 2.53. The maximum atomic E-state index is 11.3. The van der Waals surface area contributed by atoms with E-state index in [1.807, 2.05) is 32.2 Å². The van der Waals surface area contributed by atoms with Crippen LogP contribution >= 0.6 is 0 Å². The lowest BCUT2D eigenvalue weighted by Gasteiger charge is -2.33. The number of rotatable bonds is 2. The van der Waals surface area contributed by atoms with Gasteiger partial charge < -0.3 is 4.90 Å². The molecule has 1 aliphatic carbocycles. The van der Waals surface area contributed by atoms with Gasteiger partial charge in [-0.3, -0.25) is 4.79 Å². The molecule has 0 saturated heterocycles. The molecule has 1 aromatic rings. The van der Waals surface area contributed by atoms with Gasteiger partial charge in [-0.15, -0.1) is 0 Å². The summed E-state index contributed by atoms with van der Waals surface area (Å²) < 4.78 is 0. The molecule has 1 aliphatic rings. The zero-order chi connectivity index (χ0) is 13.1. The fourth-order valence-electron chi connectivity index (χ4n) is 2.56. The van der Waals surface area contributed by atoms with Crippen LogP contribution in [0.2, 0.25) is 0 Å². The summed E-state index contributed by atoms with van der Waals surface area (Å²) in [6, 6.07) is 8.58. The number of hydrogen-bond donors (Lipinski definition) is 0. The number of hydrogen-bond acceptors (Lipinski definition) is 3. The van der Waals surface area contributed by atoms with Gasteiger partial charge in [-0.1, -0.05) is 6.07 Å². The molecular formula is C15H18N2O. The zero-order valence-corrected chi connectivity index (χ0v) is 10.9. The van der Waals surface area contributed by atoms with Gasteiger partial charge in [-0.05, 0) is 37.5 Å². The summed E-state index contributed by atoms with van der Waals surface area (Å²) in [5, 5.41) is 9.20. The molecule has 94 valence electrons. The van der Waals surface area contributed by atoms with E-state index in [1.165, 1.54) is 0 Å². The second-order valence-corrected chi connectivity index (χ2v) is 5.01. The fourth-order valence-corrected chi connectivity index (χ4v) is 2.56. The first kappa shape index (κ1) is 12.6. The van der Waals surface area contributed by atoms with Gasteiger partial charge in [0.15, 0.2) is 0 Å². The Hall–Kier alpha value is -1.82. The second-order valence-electron chi connectivity index (χ2n) is 5.01. The van der Waals surface area contributed by atoms with Crippen LogP contribution in [-0.2, 0) is 4.79 Å². The van der Waals surface area contributed by atoms with Gasteiger partial charge in [0, 0.05) is 25.9 Å². The van der Waals surface area contributed by atoms with Gasteiger partial charge in [0.1, 0.15) is 11.9 Å². The Kier molecular flexibility index (Phi) is 3.66. The van der Waals surface area contributed by atoms with E-state index in [4.69, 9.17) is 0 Å². The zero-order valence-electron chi connectivity index (χ0n) is 10.9. The predicted octanol–water partition coefficient (Wildman–Crippen LogP) is 2.81. The first-order valence-electron chi connectivity index (χ1n) is 6.37. The minimum Gasteiger partial charge on any atom is -0.371 e. The Morgan fingerprint density at radius 2 is 2.00 bits per heavy atom. The minimum atomic E-state index is 0.365. The fraction of sp³-hybridized carbons (Fsp3) is 0.467. The molecule has 0 N–H and O–H groups in total. The van der Waals surface area contributed by atoms with E-state index in [0.29, 0.717) is 24.7 Å². The summed E-state index contributed by atoms with van der Waals surface area (Å²) in [5.41, 5.74) is 2.79. The molecule has 2 rings (SSSR count). The highest BCUT2D eigenvalue weighted by Gasteiger charge is 2.23. The van der Waals surface area contributed by atoms with Crippen molar-refractivity contribution in [1.82, 2.24) is 0 Å². The lowest BCUT2D eigenvalue weighted by molar-refractivity contribution is -0.120. The number of carbonyl (C=O) groups excluding carboxylic acids is 1. The SMILES string of the molecule is Cc1ccc(N(C)C2CCC(=O)CC2)c(C#N)c1. The van der Waals surface area contributed by atoms with Crippen molar-refractivity contribution in [3.8, 4) is 6.07 Å². The van der Waals surface area contributed by atoms with E-state index in [1.54, 1.807) is 0 Å². The Morgan fingerprint density at radius 1 is 1.33 bits per heavy atom. The monoisotopic (exact) mass is 242 g/mol. The van der Waals surface area contributed by atoms with Crippen molar-refractivity contribution in [2.45, 2.75) is 38.6 Å². The number of Topliss-reactive ketones (excluding diaryl/α,β-unsaturated/α-hetero) is 1. The van der Waals surface area contributed by atoms with Crippen LogP contribution in [0, 0.1) is 18.3 Å². The highest BCUT2D eigenvalue weighted by molar-refractivity contribution is 5.79. The Morgan fingerprint density at radius 3 is 2.61 bits per heavy atom. The molecule has 0 bridgehead atoms. The molecule has 0 unspecified atom stereocenters. The third-order valence-electron chi connectivity index (χ3n) is 3.71. The number of nitrogens with zero attached hydrogens (tertiary/aromatic N) is 2. The molecule has 3 nitrogen and oxygen atoms in total. The molecule has 0 spiro atoms. The highest BCUT2D eigenvalue weighted by atomic mass is 16.1. The summed E-state index contributed by atoms with van der Waals surface area (Å²) in [5.74, 6) is 0.365. The molecule has 0 heterocycles. The first-order valence-corrected chi connectivity index (χ1v) is 6.37. The molecule has 0 aromatic heterocycles. The van der Waals surface area contributed by atoms with Gasteiger partial charge in [0.2, 0.25) is 0 Å². The lowest BCUT2D eigenvalue weighted by Crippen LogP contribution is -2.35. The minimum absolute atomic E-state index is 0.365. The average molecular weight is 242 g/mol. The van der Waals surface area contributed by atoms with Crippen LogP contribution in [-0.4, -0.2) is 18.9 Å². The molecule has 0 amide bonds. The van der Waals surface area contributed by atoms with E-state index in [9.17, 15) is 10.1 Å². The maximum Gasteiger partial charge on any atom is 0.133 e. The topological polar surface area (TPSA) is 44.1 Å². The van der Waals surface area contributed by atoms with Crippen molar-refractivity contribution in [1.29, 1.82) is 5.26 Å². The third-order valence-corrected chi connectivity index (χ3v) is 3.71. The Labute approximate surface area is 108 Å². The van der Waals surface area contributed by atoms with E-state index >= 15 is 0 Å². The van der Waals surface area contributed by atoms with E-state index in [-0.39, 0.29) is 0 Å². The molecule has 0 atom stereocenters. The number of aryl methyl sites for hydroxylation is 1. The van der Waals surface area contributed by atoms with Gasteiger partial charge in [0.05, 0.1) is 11.3 Å². The van der Waals surface area contributed by atoms with Crippen molar-refractivity contribution in [2.75, 3.05) is 11.9 Å². The number of benzene rings is 1. The van der Waals surface area contributed by atoms with Gasteiger partial charge in [0.25, 0.3) is 0 Å². The summed E-state index contributed by atoms with van der Waals surface area (Å²) in [6.07, 6.45) is 3.13. The quantitative estimate of drug-likeness (QED) is 0.801. The molecule has 1 saturated carbocycles. The largest absolute Gasteiger partial charge is 0.371 e. The van der Waals surface area contributed by atoms with Crippen molar-refractivity contribution < 1.29 is 4.79 Å². The van der Waals surface area contributed by atoms with Gasteiger partial charge in [-0.25, -0.2) is 0 Å². The Balaban J connectivity index is 2.21. The summed E-state index contributed by atoms with van der Waals surface area (Å²) in [4.78, 5) is 13.4. The summed E-state index contributed by atoms with van der Waals surface area (Å²) in [7, 11) is 2.02. The number of anilines is 1. The molecular weight excluding hydrogens is 224 g/mol. The normalized spacial score (nSPS) is 16.4. The van der Waals surface area contributed by atoms with E-state index in [0.717, 1.165) is 29.7 Å². The number of carbonyl (C=O) groups is 1. The van der Waals surface area contributed by atoms with Crippen LogP contribution < -0.4 is 4.90 Å². The molecule has 1 fully saturated rings. The molecule has 3 heteroatoms. The smallest absolute Gasteiger partial charge is 0.133 e. The average Bonchev–Trinajstić information content (AvgIpc) is 2.38. The van der Waals surface area contributed by atoms with Crippen LogP contribution in [0.4, 0.5) is 5.69 Å². The number of ketones is 1. The molecule has 0 radical (unpaired) electrons. The van der Waals surface area contributed by atoms with Crippen LogP contribution in [0.5, 0.6) is 0 Å². The van der Waals surface area contributed by atoms with Crippen molar-refractivity contribution in [3.63, 3.8) is 0 Å². The summed E-state index contributed by atoms with van der Waals surface area (Å²) >= 11 is 0. The maximum absolute atomic E-state index is 11.3. The van der Waals surface area contributed by atoms with Crippen molar-refractivity contribution >= 4 is 11.5 Å². The molecule has 0 aliphatic heterocycles. The number of nitriles is 1. The molecule has 18 heavy (non-hydrogen) atoms. The highest BCUT2D eigenvalue weighted by Crippen LogP contribution is 2.27. The van der Waals surface area contributed by atoms with Crippen LogP contribution in [0.3, 0.4) is 0 Å². The van der Waals surface area contributed by atoms with Gasteiger partial charge in [-0.2, -0.15) is 5.26 Å². The van der Waals surface area contributed by atoms with Crippen LogP contribution in [0.1, 0.15) is 36.8 Å². The lowest BCUT2D eigenvalue weighted by atomic mass is 9.92. The first-order chi connectivity index (χ1) is 8.61. The standard InChI is InChI=1S/C15H18N2O/c1-11-3-8-15(12(9-11)10-16)17(2)13-4-6-14(18)7-5-13/h3,8-9,13H,4-7H2,1-2H3. The van der Waals surface area contributed by atoms with Crippen LogP contribution in [0.25, 0.3) is 0 Å². The molecule has 1 aromatic carbocycles. The van der Waals surface area contributed by atoms with E-state index in [2.05, 4.69) is 11.0 Å². The van der Waals surface area contributed by atoms with Crippen molar-refractivity contribution in [3.05, 3.63) is 29.3 Å².